The summed E-state index contributed by atoms with van der Waals surface area (Å²) in [5.74, 6) is -0.893. The molecule has 9 nitrogen and oxygen atoms in total. The molecule has 1 fully saturated rings. The topological polar surface area (TPSA) is 127 Å². The molecule has 0 bridgehead atoms. The quantitative estimate of drug-likeness (QED) is 0.636. The Morgan fingerprint density at radius 2 is 2.07 bits per heavy atom. The zero-order chi connectivity index (χ0) is 21.1. The highest BCUT2D eigenvalue weighted by molar-refractivity contribution is 5.97. The number of carbonyl (C=O) groups excluding carboxylic acids is 1. The monoisotopic (exact) mass is 406 g/mol. The van der Waals surface area contributed by atoms with Crippen molar-refractivity contribution >= 4 is 22.9 Å². The van der Waals surface area contributed by atoms with Crippen LogP contribution < -0.4 is 0 Å². The zero-order valence-electron chi connectivity index (χ0n) is 16.4. The lowest BCUT2D eigenvalue weighted by atomic mass is 9.96. The number of hydrogen-bond acceptors (Lipinski definition) is 6. The number of fused-ring (bicyclic) bond motifs is 1. The molecular formula is C21H22N6O3. The zero-order valence-corrected chi connectivity index (χ0v) is 16.4. The van der Waals surface area contributed by atoms with E-state index in [1.54, 1.807) is 18.5 Å². The average molecular weight is 406 g/mol. The van der Waals surface area contributed by atoms with E-state index in [2.05, 4.69) is 21.1 Å². The van der Waals surface area contributed by atoms with Gasteiger partial charge in [-0.25, -0.2) is 9.97 Å². The van der Waals surface area contributed by atoms with Crippen molar-refractivity contribution < 1.29 is 14.7 Å². The van der Waals surface area contributed by atoms with Crippen molar-refractivity contribution in [2.45, 2.75) is 51.0 Å². The Morgan fingerprint density at radius 3 is 2.80 bits per heavy atom. The molecule has 30 heavy (non-hydrogen) atoms. The molecular weight excluding hydrogens is 384 g/mol. The highest BCUT2D eigenvalue weighted by atomic mass is 16.4. The number of aromatic nitrogens is 5. The predicted molar refractivity (Wildman–Crippen MR) is 107 cm³/mol. The van der Waals surface area contributed by atoms with Crippen LogP contribution in [0.1, 0.15) is 55.8 Å². The molecule has 0 radical (unpaired) electrons. The van der Waals surface area contributed by atoms with Crippen LogP contribution in [-0.2, 0) is 4.79 Å². The maximum absolute atomic E-state index is 12.4. The molecule has 3 aromatic rings. The number of carboxylic acid groups (broad SMARTS) is 1. The van der Waals surface area contributed by atoms with Crippen molar-refractivity contribution in [3.05, 3.63) is 31.0 Å². The molecule has 0 spiro atoms. The van der Waals surface area contributed by atoms with E-state index < -0.39 is 5.97 Å². The largest absolute Gasteiger partial charge is 0.481 e. The maximum atomic E-state index is 12.4. The molecule has 3 heterocycles. The van der Waals surface area contributed by atoms with E-state index in [0.29, 0.717) is 29.1 Å². The van der Waals surface area contributed by atoms with Crippen LogP contribution in [-0.4, -0.2) is 41.3 Å². The van der Waals surface area contributed by atoms with Gasteiger partial charge in [-0.15, -0.1) is 0 Å². The molecule has 0 aromatic carbocycles. The fraction of sp³-hybridized carbons (Fsp3) is 0.429. The van der Waals surface area contributed by atoms with E-state index in [4.69, 9.17) is 5.11 Å². The van der Waals surface area contributed by atoms with Gasteiger partial charge < -0.3 is 5.11 Å². The van der Waals surface area contributed by atoms with Crippen LogP contribution in [0, 0.1) is 17.2 Å². The van der Waals surface area contributed by atoms with Crippen molar-refractivity contribution in [1.82, 2.24) is 24.3 Å². The third-order valence-corrected chi connectivity index (χ3v) is 5.76. The second-order valence-electron chi connectivity index (χ2n) is 7.62. The second kappa shape index (κ2) is 8.45. The fourth-order valence-electron chi connectivity index (χ4n) is 4.27. The summed E-state index contributed by atoms with van der Waals surface area (Å²) in [4.78, 5) is 31.8. The van der Waals surface area contributed by atoms with Crippen molar-refractivity contribution in [1.29, 1.82) is 5.26 Å². The van der Waals surface area contributed by atoms with Crippen LogP contribution in [0.2, 0.25) is 0 Å². The highest BCUT2D eigenvalue weighted by Gasteiger charge is 2.27. The summed E-state index contributed by atoms with van der Waals surface area (Å²) in [6.07, 6.45) is 11.3. The number of nitriles is 1. The van der Waals surface area contributed by atoms with E-state index in [9.17, 15) is 14.9 Å². The Balaban J connectivity index is 1.65. The highest BCUT2D eigenvalue weighted by Crippen LogP contribution is 2.36. The number of rotatable bonds is 7. The Kier molecular flexibility index (Phi) is 5.57. The van der Waals surface area contributed by atoms with Gasteiger partial charge in [0.2, 0.25) is 5.91 Å². The average Bonchev–Trinajstić information content (AvgIpc) is 3.50. The number of carbonyl (C=O) groups is 2. The van der Waals surface area contributed by atoms with Crippen LogP contribution in [0.3, 0.4) is 0 Å². The number of nitrogens with zero attached hydrogens (tertiary/aromatic N) is 6. The minimum atomic E-state index is -1.02. The Bertz CT molecular complexity index is 1120. The molecule has 4 rings (SSSR count). The molecule has 0 unspecified atom stereocenters. The van der Waals surface area contributed by atoms with Crippen LogP contribution in [0.15, 0.2) is 31.0 Å². The molecule has 1 atom stereocenters. The van der Waals surface area contributed by atoms with E-state index in [1.807, 2.05) is 10.9 Å². The minimum absolute atomic E-state index is 0.0470. The lowest BCUT2D eigenvalue weighted by molar-refractivity contribution is -0.136. The smallest absolute Gasteiger partial charge is 0.303 e. The molecule has 0 aliphatic heterocycles. The number of hydrogen-bond donors (Lipinski definition) is 1. The number of aliphatic carboxylic acids is 1. The van der Waals surface area contributed by atoms with Gasteiger partial charge in [0.1, 0.15) is 6.33 Å². The van der Waals surface area contributed by atoms with Gasteiger partial charge in [0.15, 0.2) is 5.65 Å². The van der Waals surface area contributed by atoms with E-state index in [1.165, 1.54) is 23.7 Å². The van der Waals surface area contributed by atoms with Gasteiger partial charge in [-0.1, -0.05) is 12.8 Å². The SMILES string of the molecule is N#CC[C@H](C1CCCC1)n1cc(-c2ncnc3c2ccn3C(=O)CCC(=O)O)cn1. The van der Waals surface area contributed by atoms with Crippen LogP contribution in [0.4, 0.5) is 0 Å². The number of carboxylic acids is 1. The summed E-state index contributed by atoms with van der Waals surface area (Å²) in [6, 6.07) is 4.09. The molecule has 3 aromatic heterocycles. The first kappa shape index (κ1) is 19.8. The third kappa shape index (κ3) is 3.81. The van der Waals surface area contributed by atoms with Crippen molar-refractivity contribution in [2.75, 3.05) is 0 Å². The van der Waals surface area contributed by atoms with Gasteiger partial charge in [-0.2, -0.15) is 10.4 Å². The third-order valence-electron chi connectivity index (χ3n) is 5.76. The lowest BCUT2D eigenvalue weighted by Crippen LogP contribution is -2.17. The molecule has 9 heteroatoms. The Labute approximate surface area is 173 Å². The first-order valence-electron chi connectivity index (χ1n) is 10.1. The maximum Gasteiger partial charge on any atom is 0.303 e. The van der Waals surface area contributed by atoms with Crippen LogP contribution in [0.25, 0.3) is 22.3 Å². The molecule has 1 aliphatic carbocycles. The second-order valence-corrected chi connectivity index (χ2v) is 7.62. The minimum Gasteiger partial charge on any atom is -0.481 e. The lowest BCUT2D eigenvalue weighted by Gasteiger charge is -2.21. The molecule has 0 saturated heterocycles. The first-order chi connectivity index (χ1) is 14.6. The van der Waals surface area contributed by atoms with Crippen LogP contribution in [0.5, 0.6) is 0 Å². The molecule has 1 saturated carbocycles. The van der Waals surface area contributed by atoms with Gasteiger partial charge >= 0.3 is 5.97 Å². The summed E-state index contributed by atoms with van der Waals surface area (Å²) in [5.41, 5.74) is 1.88. The molecule has 1 aliphatic rings. The van der Waals surface area contributed by atoms with E-state index in [-0.39, 0.29) is 24.8 Å². The summed E-state index contributed by atoms with van der Waals surface area (Å²) in [5, 5.41) is 23.3. The van der Waals surface area contributed by atoms with Gasteiger partial charge in [-0.05, 0) is 24.8 Å². The van der Waals surface area contributed by atoms with Crippen LogP contribution >= 0.6 is 0 Å². The standard InChI is InChI=1S/C21H22N6O3/c22-9-7-17(14-3-1-2-4-14)27-12-15(11-25-27)20-16-8-10-26(21(16)24-13-23-20)18(28)5-6-19(29)30/h8,10-14,17H,1-7H2,(H,29,30)/t17-/m1/s1. The summed E-state index contributed by atoms with van der Waals surface area (Å²) < 4.78 is 3.24. The predicted octanol–water partition coefficient (Wildman–Crippen LogP) is 3.44. The fourth-order valence-corrected chi connectivity index (χ4v) is 4.27. The first-order valence-corrected chi connectivity index (χ1v) is 10.1. The Morgan fingerprint density at radius 1 is 1.27 bits per heavy atom. The van der Waals surface area contributed by atoms with Gasteiger partial charge in [0.25, 0.3) is 0 Å². The van der Waals surface area contributed by atoms with Crippen molar-refractivity contribution in [2.24, 2.45) is 5.92 Å². The normalized spacial score (nSPS) is 15.3. The van der Waals surface area contributed by atoms with Gasteiger partial charge in [0, 0.05) is 29.8 Å². The van der Waals surface area contributed by atoms with Gasteiger partial charge in [-0.3, -0.25) is 18.8 Å². The van der Waals surface area contributed by atoms with Gasteiger partial charge in [0.05, 0.1) is 36.8 Å². The van der Waals surface area contributed by atoms with E-state index >= 15 is 0 Å². The Hall–Kier alpha value is -3.54. The van der Waals surface area contributed by atoms with E-state index in [0.717, 1.165) is 18.4 Å². The summed E-state index contributed by atoms with van der Waals surface area (Å²) >= 11 is 0. The molecule has 1 N–H and O–H groups in total. The van der Waals surface area contributed by atoms with Crippen molar-refractivity contribution in [3.8, 4) is 17.3 Å². The summed E-state index contributed by atoms with van der Waals surface area (Å²) in [6.45, 7) is 0. The molecule has 154 valence electrons. The van der Waals surface area contributed by atoms with Crippen molar-refractivity contribution in [3.63, 3.8) is 0 Å². The summed E-state index contributed by atoms with van der Waals surface area (Å²) in [7, 11) is 0. The molecule has 0 amide bonds.